The van der Waals surface area contributed by atoms with E-state index in [1.54, 1.807) is 4.90 Å². The number of urea groups is 1. The average Bonchev–Trinajstić information content (AvgIpc) is 3.25. The summed E-state index contributed by atoms with van der Waals surface area (Å²) in [6, 6.07) is 12.9. The first kappa shape index (κ1) is 19.3. The van der Waals surface area contributed by atoms with Crippen LogP contribution in [0.25, 0.3) is 0 Å². The van der Waals surface area contributed by atoms with Crippen LogP contribution >= 0.6 is 0 Å². The van der Waals surface area contributed by atoms with Gasteiger partial charge in [0.2, 0.25) is 5.91 Å². The van der Waals surface area contributed by atoms with Crippen molar-refractivity contribution in [2.24, 2.45) is 0 Å². The molecule has 2 heterocycles. The summed E-state index contributed by atoms with van der Waals surface area (Å²) in [5.41, 5.74) is 3.72. The van der Waals surface area contributed by atoms with Crippen molar-refractivity contribution in [3.8, 4) is 0 Å². The number of benzene rings is 2. The van der Waals surface area contributed by atoms with E-state index in [2.05, 4.69) is 16.0 Å². The van der Waals surface area contributed by atoms with E-state index in [-0.39, 0.29) is 30.7 Å². The standard InChI is InChI=1S/C23H22N4O4/c28-18(13-27-19-4-2-1-3-14(19)6-8-20(27)29)12-24-17-7-5-15-10-23(11-16(15)9-17)21(30)25-22(31)26-23/h1-5,7,9,24H,6,8,10-13H2,(H2,25,26,30,31). The molecule has 0 bridgehead atoms. The fraction of sp³-hybridized carbons (Fsp3) is 0.304. The second kappa shape index (κ2) is 7.23. The van der Waals surface area contributed by atoms with Gasteiger partial charge in [-0.3, -0.25) is 19.7 Å². The zero-order valence-corrected chi connectivity index (χ0v) is 16.9. The van der Waals surface area contributed by atoms with Gasteiger partial charge in [-0.15, -0.1) is 0 Å². The Labute approximate surface area is 179 Å². The lowest BCUT2D eigenvalue weighted by Crippen LogP contribution is -2.47. The van der Waals surface area contributed by atoms with E-state index in [0.29, 0.717) is 25.7 Å². The largest absolute Gasteiger partial charge is 0.378 e. The Kier molecular flexibility index (Phi) is 4.50. The van der Waals surface area contributed by atoms with Crippen molar-refractivity contribution >= 4 is 35.0 Å². The first-order valence-corrected chi connectivity index (χ1v) is 10.3. The van der Waals surface area contributed by atoms with Crippen molar-refractivity contribution in [2.45, 2.75) is 31.2 Å². The summed E-state index contributed by atoms with van der Waals surface area (Å²) in [6.07, 6.45) is 1.99. The van der Waals surface area contributed by atoms with Gasteiger partial charge in [0.05, 0.1) is 13.1 Å². The number of hydrogen-bond acceptors (Lipinski definition) is 5. The van der Waals surface area contributed by atoms with Crippen LogP contribution in [0.4, 0.5) is 16.2 Å². The lowest BCUT2D eigenvalue weighted by atomic mass is 9.96. The fourth-order valence-electron chi connectivity index (χ4n) is 4.67. The highest BCUT2D eigenvalue weighted by Crippen LogP contribution is 2.34. The smallest absolute Gasteiger partial charge is 0.322 e. The summed E-state index contributed by atoms with van der Waals surface area (Å²) in [5.74, 6) is -0.430. The average molecular weight is 418 g/mol. The van der Waals surface area contributed by atoms with Gasteiger partial charge < -0.3 is 15.5 Å². The summed E-state index contributed by atoms with van der Waals surface area (Å²) in [7, 11) is 0. The van der Waals surface area contributed by atoms with Crippen LogP contribution in [0.2, 0.25) is 0 Å². The molecule has 2 aromatic carbocycles. The van der Waals surface area contributed by atoms with Crippen molar-refractivity contribution in [2.75, 3.05) is 23.3 Å². The summed E-state index contributed by atoms with van der Waals surface area (Å²) in [6.45, 7) is 0.121. The third kappa shape index (κ3) is 3.43. The van der Waals surface area contributed by atoms with Gasteiger partial charge in [-0.2, -0.15) is 0 Å². The summed E-state index contributed by atoms with van der Waals surface area (Å²) in [5, 5.41) is 8.18. The summed E-state index contributed by atoms with van der Waals surface area (Å²) >= 11 is 0. The van der Waals surface area contributed by atoms with Gasteiger partial charge in [-0.25, -0.2) is 4.79 Å². The zero-order chi connectivity index (χ0) is 21.6. The second-order valence-electron chi connectivity index (χ2n) is 8.33. The number of Topliss-reactive ketones (excluding diaryl/α,β-unsaturated/α-hetero) is 1. The number of ketones is 1. The molecule has 1 atom stereocenters. The number of imide groups is 1. The Morgan fingerprint density at radius 3 is 2.61 bits per heavy atom. The lowest BCUT2D eigenvalue weighted by Gasteiger charge is -2.28. The summed E-state index contributed by atoms with van der Waals surface area (Å²) in [4.78, 5) is 50.3. The lowest BCUT2D eigenvalue weighted by molar-refractivity contribution is -0.123. The molecule has 8 heteroatoms. The number of rotatable bonds is 5. The molecule has 3 N–H and O–H groups in total. The minimum absolute atomic E-state index is 0.0309. The predicted molar refractivity (Wildman–Crippen MR) is 114 cm³/mol. The number of nitrogens with zero attached hydrogens (tertiary/aromatic N) is 1. The molecule has 1 spiro atoms. The molecule has 3 aliphatic rings. The number of amides is 4. The molecule has 0 radical (unpaired) electrons. The van der Waals surface area contributed by atoms with Gasteiger partial charge in [-0.1, -0.05) is 24.3 Å². The SMILES string of the molecule is O=C(CNc1ccc2c(c1)CC1(C2)NC(=O)NC1=O)CN1C(=O)CCc2ccccc21. The Hall–Kier alpha value is -3.68. The molecule has 1 aliphatic carbocycles. The van der Waals surface area contributed by atoms with Crippen molar-refractivity contribution in [3.63, 3.8) is 0 Å². The van der Waals surface area contributed by atoms with Crippen LogP contribution in [-0.2, 0) is 33.6 Å². The molecule has 5 rings (SSSR count). The van der Waals surface area contributed by atoms with Crippen LogP contribution in [0, 0.1) is 0 Å². The number of carbonyl (C=O) groups excluding carboxylic acids is 4. The van der Waals surface area contributed by atoms with E-state index in [9.17, 15) is 19.2 Å². The Morgan fingerprint density at radius 2 is 1.81 bits per heavy atom. The van der Waals surface area contributed by atoms with Gasteiger partial charge in [-0.05, 0) is 41.3 Å². The highest BCUT2D eigenvalue weighted by molar-refractivity contribution is 6.08. The third-order valence-electron chi connectivity index (χ3n) is 6.22. The maximum absolute atomic E-state index is 12.6. The van der Waals surface area contributed by atoms with E-state index in [0.717, 1.165) is 28.1 Å². The van der Waals surface area contributed by atoms with Gasteiger partial charge >= 0.3 is 6.03 Å². The molecule has 0 aromatic heterocycles. The van der Waals surface area contributed by atoms with Gasteiger partial charge in [0.1, 0.15) is 5.54 Å². The molecule has 1 fully saturated rings. The van der Waals surface area contributed by atoms with E-state index in [1.165, 1.54) is 0 Å². The molecule has 158 valence electrons. The molecule has 4 amide bonds. The maximum atomic E-state index is 12.6. The molecule has 31 heavy (non-hydrogen) atoms. The van der Waals surface area contributed by atoms with E-state index in [4.69, 9.17) is 0 Å². The molecule has 2 aromatic rings. The number of hydrogen-bond donors (Lipinski definition) is 3. The minimum atomic E-state index is -0.907. The van der Waals surface area contributed by atoms with Crippen LogP contribution in [-0.4, -0.2) is 42.3 Å². The number of nitrogens with one attached hydrogen (secondary N) is 3. The Bertz CT molecular complexity index is 1130. The van der Waals surface area contributed by atoms with E-state index >= 15 is 0 Å². The second-order valence-corrected chi connectivity index (χ2v) is 8.33. The minimum Gasteiger partial charge on any atom is -0.378 e. The fourth-order valence-corrected chi connectivity index (χ4v) is 4.67. The molecule has 1 saturated heterocycles. The topological polar surface area (TPSA) is 108 Å². The highest BCUT2D eigenvalue weighted by Gasteiger charge is 2.49. The third-order valence-corrected chi connectivity index (χ3v) is 6.22. The number of aryl methyl sites for hydroxylation is 1. The van der Waals surface area contributed by atoms with Crippen molar-refractivity contribution in [1.82, 2.24) is 10.6 Å². The van der Waals surface area contributed by atoms with Gasteiger partial charge in [0.15, 0.2) is 5.78 Å². The van der Waals surface area contributed by atoms with Gasteiger partial charge in [0.25, 0.3) is 5.91 Å². The molecular weight excluding hydrogens is 396 g/mol. The van der Waals surface area contributed by atoms with Crippen LogP contribution in [0.15, 0.2) is 42.5 Å². The molecule has 2 aliphatic heterocycles. The number of para-hydroxylation sites is 1. The zero-order valence-electron chi connectivity index (χ0n) is 16.9. The van der Waals surface area contributed by atoms with E-state index in [1.807, 2.05) is 42.5 Å². The van der Waals surface area contributed by atoms with Crippen LogP contribution in [0.1, 0.15) is 23.1 Å². The number of anilines is 2. The van der Waals surface area contributed by atoms with Crippen molar-refractivity contribution in [1.29, 1.82) is 0 Å². The quantitative estimate of drug-likeness (QED) is 0.635. The first-order chi connectivity index (χ1) is 14.9. The van der Waals surface area contributed by atoms with Crippen LogP contribution in [0.5, 0.6) is 0 Å². The highest BCUT2D eigenvalue weighted by atomic mass is 16.2. The molecular formula is C23H22N4O4. The van der Waals surface area contributed by atoms with Crippen molar-refractivity contribution in [3.05, 3.63) is 59.2 Å². The normalized spacial score (nSPS) is 21.5. The van der Waals surface area contributed by atoms with E-state index < -0.39 is 11.6 Å². The molecule has 1 unspecified atom stereocenters. The van der Waals surface area contributed by atoms with Gasteiger partial charge in [0, 0.05) is 30.6 Å². The van der Waals surface area contributed by atoms with Crippen molar-refractivity contribution < 1.29 is 19.2 Å². The Balaban J connectivity index is 1.23. The monoisotopic (exact) mass is 418 g/mol. The molecule has 8 nitrogen and oxygen atoms in total. The van der Waals surface area contributed by atoms with Crippen LogP contribution in [0.3, 0.4) is 0 Å². The Morgan fingerprint density at radius 1 is 1.00 bits per heavy atom. The maximum Gasteiger partial charge on any atom is 0.322 e. The van der Waals surface area contributed by atoms with Crippen LogP contribution < -0.4 is 20.9 Å². The number of fused-ring (bicyclic) bond motifs is 2. The summed E-state index contributed by atoms with van der Waals surface area (Å²) < 4.78 is 0. The molecule has 0 saturated carbocycles. The predicted octanol–water partition coefficient (Wildman–Crippen LogP) is 1.32. The first-order valence-electron chi connectivity index (χ1n) is 10.3. The number of carbonyl (C=O) groups is 4.